The van der Waals surface area contributed by atoms with Gasteiger partial charge in [-0.3, -0.25) is 4.79 Å². The second kappa shape index (κ2) is 11.1. The molecule has 3 N–H and O–H groups in total. The summed E-state index contributed by atoms with van der Waals surface area (Å²) in [5, 5.41) is 28.3. The summed E-state index contributed by atoms with van der Waals surface area (Å²) in [6.45, 7) is 8.81. The van der Waals surface area contributed by atoms with Crippen LogP contribution in [0.4, 0.5) is 0 Å². The van der Waals surface area contributed by atoms with Crippen LogP contribution < -0.4 is 0 Å². The predicted molar refractivity (Wildman–Crippen MR) is 98.7 cm³/mol. The van der Waals surface area contributed by atoms with E-state index < -0.39 is 11.7 Å². The Morgan fingerprint density at radius 2 is 1.75 bits per heavy atom. The van der Waals surface area contributed by atoms with Gasteiger partial charge in [0.05, 0.1) is 18.3 Å². The summed E-state index contributed by atoms with van der Waals surface area (Å²) < 4.78 is 0. The van der Waals surface area contributed by atoms with E-state index in [2.05, 4.69) is 0 Å². The van der Waals surface area contributed by atoms with E-state index >= 15 is 0 Å². The third-order valence-corrected chi connectivity index (χ3v) is 3.47. The summed E-state index contributed by atoms with van der Waals surface area (Å²) in [7, 11) is 0. The van der Waals surface area contributed by atoms with Crippen molar-refractivity contribution in [3.05, 3.63) is 47.1 Å². The van der Waals surface area contributed by atoms with Crippen LogP contribution in [0, 0.1) is 0 Å². The number of aliphatic hydroxyl groups excluding tert-OH is 2. The third kappa shape index (κ3) is 12.0. The minimum atomic E-state index is -0.992. The fraction of sp³-hybridized carbons (Fsp3) is 0.550. The van der Waals surface area contributed by atoms with Gasteiger partial charge >= 0.3 is 0 Å². The van der Waals surface area contributed by atoms with Gasteiger partial charge in [0.1, 0.15) is 0 Å². The molecule has 0 amide bonds. The van der Waals surface area contributed by atoms with Crippen molar-refractivity contribution in [2.24, 2.45) is 0 Å². The Labute approximate surface area is 145 Å². The monoisotopic (exact) mass is 336 g/mol. The second-order valence-electron chi connectivity index (χ2n) is 6.79. The molecule has 136 valence electrons. The Morgan fingerprint density at radius 3 is 2.29 bits per heavy atom. The lowest BCUT2D eigenvalue weighted by molar-refractivity contribution is -0.111. The van der Waals surface area contributed by atoms with Crippen LogP contribution in [-0.4, -0.2) is 39.4 Å². The van der Waals surface area contributed by atoms with Crippen LogP contribution in [0.1, 0.15) is 53.9 Å². The summed E-state index contributed by atoms with van der Waals surface area (Å²) in [5.41, 5.74) is 1.66. The Balaban J connectivity index is 4.46. The van der Waals surface area contributed by atoms with Gasteiger partial charge in [-0.25, -0.2) is 0 Å². The highest BCUT2D eigenvalue weighted by Gasteiger charge is 2.08. The maximum Gasteiger partial charge on any atom is 0.180 e. The number of aliphatic hydroxyl groups is 3. The van der Waals surface area contributed by atoms with Gasteiger partial charge in [0, 0.05) is 0 Å². The van der Waals surface area contributed by atoms with Crippen LogP contribution >= 0.6 is 0 Å². The van der Waals surface area contributed by atoms with E-state index in [1.165, 1.54) is 12.2 Å². The standard InChI is InChI=1S/C20H32O4/c1-15(13-18(22)14-16(2)10-12-21)7-6-8-17(3)19(23)9-11-20(4,5)24/h8-11,13,18,21-22,24H,6-7,12,14H2,1-5H3/b11-9+,15-13+,16-10+,17-8+/t18-/m0/s1. The quantitative estimate of drug-likeness (QED) is 0.423. The van der Waals surface area contributed by atoms with Crippen molar-refractivity contribution in [1.29, 1.82) is 0 Å². The summed E-state index contributed by atoms with van der Waals surface area (Å²) in [5.74, 6) is -0.108. The number of hydrogen-bond donors (Lipinski definition) is 3. The first-order valence-corrected chi connectivity index (χ1v) is 8.29. The molecule has 0 heterocycles. The highest BCUT2D eigenvalue weighted by Crippen LogP contribution is 2.12. The largest absolute Gasteiger partial charge is 0.392 e. The molecule has 0 aromatic rings. The molecule has 0 rings (SSSR count). The molecule has 0 saturated carbocycles. The molecule has 4 heteroatoms. The zero-order valence-electron chi connectivity index (χ0n) is 15.5. The maximum atomic E-state index is 11.9. The van der Waals surface area contributed by atoms with Gasteiger partial charge in [0.2, 0.25) is 0 Å². The topological polar surface area (TPSA) is 77.8 Å². The summed E-state index contributed by atoms with van der Waals surface area (Å²) in [4.78, 5) is 11.9. The molecule has 0 spiro atoms. The van der Waals surface area contributed by atoms with Crippen LogP contribution in [0.2, 0.25) is 0 Å². The van der Waals surface area contributed by atoms with Crippen molar-refractivity contribution in [3.63, 3.8) is 0 Å². The van der Waals surface area contributed by atoms with E-state index in [0.717, 1.165) is 17.6 Å². The van der Waals surface area contributed by atoms with E-state index in [0.29, 0.717) is 18.4 Å². The number of hydrogen-bond acceptors (Lipinski definition) is 4. The first-order valence-electron chi connectivity index (χ1n) is 8.29. The van der Waals surface area contributed by atoms with Gasteiger partial charge in [0.25, 0.3) is 0 Å². The molecule has 24 heavy (non-hydrogen) atoms. The zero-order valence-corrected chi connectivity index (χ0v) is 15.5. The SMILES string of the molecule is C/C(=C\[C@H](O)C/C(C)=C/CO)CC/C=C(\C)C(=O)/C=C/C(C)(C)O. The Morgan fingerprint density at radius 1 is 1.12 bits per heavy atom. The van der Waals surface area contributed by atoms with Gasteiger partial charge in [-0.2, -0.15) is 0 Å². The van der Waals surface area contributed by atoms with Crippen molar-refractivity contribution in [2.75, 3.05) is 6.61 Å². The first-order chi connectivity index (χ1) is 11.0. The van der Waals surface area contributed by atoms with Crippen LogP contribution in [0.25, 0.3) is 0 Å². The molecule has 0 bridgehead atoms. The molecule has 0 aliphatic carbocycles. The fourth-order valence-electron chi connectivity index (χ4n) is 2.07. The fourth-order valence-corrected chi connectivity index (χ4v) is 2.07. The van der Waals surface area contributed by atoms with Crippen molar-refractivity contribution < 1.29 is 20.1 Å². The predicted octanol–water partition coefficient (Wildman–Crippen LogP) is 3.25. The lowest BCUT2D eigenvalue weighted by Crippen LogP contribution is -2.14. The average Bonchev–Trinajstić information content (AvgIpc) is 2.43. The molecule has 0 aromatic carbocycles. The summed E-state index contributed by atoms with van der Waals surface area (Å²) in [6.07, 6.45) is 9.68. The molecular formula is C20H32O4. The number of allylic oxidation sites excluding steroid dienone is 4. The smallest absolute Gasteiger partial charge is 0.180 e. The molecular weight excluding hydrogens is 304 g/mol. The molecule has 0 aliphatic rings. The molecule has 0 aromatic heterocycles. The zero-order chi connectivity index (χ0) is 18.8. The molecule has 0 radical (unpaired) electrons. The van der Waals surface area contributed by atoms with E-state index in [4.69, 9.17) is 5.11 Å². The highest BCUT2D eigenvalue weighted by molar-refractivity contribution is 6.03. The van der Waals surface area contributed by atoms with Crippen LogP contribution in [0.15, 0.2) is 47.1 Å². The molecule has 0 unspecified atom stereocenters. The minimum Gasteiger partial charge on any atom is -0.392 e. The second-order valence-corrected chi connectivity index (χ2v) is 6.79. The van der Waals surface area contributed by atoms with Crippen LogP contribution in [0.5, 0.6) is 0 Å². The molecule has 0 saturated heterocycles. The van der Waals surface area contributed by atoms with E-state index in [1.54, 1.807) is 26.8 Å². The number of rotatable bonds is 10. The maximum absolute atomic E-state index is 11.9. The molecule has 0 fully saturated rings. The van der Waals surface area contributed by atoms with E-state index in [9.17, 15) is 15.0 Å². The number of ketones is 1. The van der Waals surface area contributed by atoms with Crippen molar-refractivity contribution in [2.45, 2.75) is 65.6 Å². The summed E-state index contributed by atoms with van der Waals surface area (Å²) in [6, 6.07) is 0. The average molecular weight is 336 g/mol. The molecule has 0 aliphatic heterocycles. The van der Waals surface area contributed by atoms with Crippen LogP contribution in [0.3, 0.4) is 0 Å². The lowest BCUT2D eigenvalue weighted by Gasteiger charge is -2.09. The number of carbonyl (C=O) groups is 1. The Bertz CT molecular complexity index is 516. The Hall–Kier alpha value is -1.49. The van der Waals surface area contributed by atoms with Crippen LogP contribution in [-0.2, 0) is 4.79 Å². The highest BCUT2D eigenvalue weighted by atomic mass is 16.3. The Kier molecular flexibility index (Phi) is 10.4. The van der Waals surface area contributed by atoms with E-state index in [-0.39, 0.29) is 12.4 Å². The lowest BCUT2D eigenvalue weighted by atomic mass is 10.0. The van der Waals surface area contributed by atoms with Crippen molar-refractivity contribution >= 4 is 5.78 Å². The van der Waals surface area contributed by atoms with E-state index in [1.807, 2.05) is 26.0 Å². The van der Waals surface area contributed by atoms with Gasteiger partial charge in [-0.15, -0.1) is 0 Å². The molecule has 1 atom stereocenters. The molecule has 4 nitrogen and oxygen atoms in total. The summed E-state index contributed by atoms with van der Waals surface area (Å²) >= 11 is 0. The normalized spacial score (nSPS) is 15.9. The van der Waals surface area contributed by atoms with Gasteiger partial charge in [0.15, 0.2) is 5.78 Å². The first kappa shape index (κ1) is 22.5. The minimum absolute atomic E-state index is 0.0126. The van der Waals surface area contributed by atoms with Crippen molar-refractivity contribution in [1.82, 2.24) is 0 Å². The van der Waals surface area contributed by atoms with Gasteiger partial charge in [-0.1, -0.05) is 29.4 Å². The van der Waals surface area contributed by atoms with Crippen molar-refractivity contribution in [3.8, 4) is 0 Å². The van der Waals surface area contributed by atoms with Gasteiger partial charge < -0.3 is 15.3 Å². The van der Waals surface area contributed by atoms with Gasteiger partial charge in [-0.05, 0) is 71.6 Å². The number of carbonyl (C=O) groups excluding carboxylic acids is 1. The third-order valence-electron chi connectivity index (χ3n) is 3.47.